The molecule has 112 valence electrons. The van der Waals surface area contributed by atoms with Crippen molar-refractivity contribution in [1.29, 1.82) is 0 Å². The third kappa shape index (κ3) is 4.17. The predicted molar refractivity (Wildman–Crippen MR) is 82.6 cm³/mol. The van der Waals surface area contributed by atoms with E-state index in [-0.39, 0.29) is 0 Å². The van der Waals surface area contributed by atoms with E-state index in [0.717, 1.165) is 12.0 Å². The molecule has 2 heterocycles. The van der Waals surface area contributed by atoms with Gasteiger partial charge in [0.1, 0.15) is 0 Å². The van der Waals surface area contributed by atoms with Crippen LogP contribution in [0.2, 0.25) is 0 Å². The van der Waals surface area contributed by atoms with Crippen molar-refractivity contribution in [2.75, 3.05) is 39.8 Å². The number of piperidine rings is 2. The molecule has 19 heavy (non-hydrogen) atoms. The monoisotopic (exact) mass is 267 g/mol. The second-order valence-corrected chi connectivity index (χ2v) is 6.56. The third-order valence-electron chi connectivity index (χ3n) is 5.08. The zero-order valence-corrected chi connectivity index (χ0v) is 13.2. The minimum atomic E-state index is 0.692. The van der Waals surface area contributed by atoms with Gasteiger partial charge in [0.05, 0.1) is 0 Å². The van der Waals surface area contributed by atoms with Crippen molar-refractivity contribution in [3.8, 4) is 0 Å². The number of likely N-dealkylation sites (tertiary alicyclic amines) is 2. The molecule has 0 spiro atoms. The highest BCUT2D eigenvalue weighted by atomic mass is 15.2. The first-order valence-electron chi connectivity index (χ1n) is 8.40. The van der Waals surface area contributed by atoms with Gasteiger partial charge in [-0.2, -0.15) is 0 Å². The minimum absolute atomic E-state index is 0.692. The molecule has 0 aromatic rings. The number of fused-ring (bicyclic) bond motifs is 1. The summed E-state index contributed by atoms with van der Waals surface area (Å²) in [5, 5.41) is 3.70. The molecule has 3 unspecified atom stereocenters. The quantitative estimate of drug-likeness (QED) is 0.796. The SMILES string of the molecule is CCCNC(CC)CN1CCC2C(CCCN2C)C1. The average Bonchev–Trinajstić information content (AvgIpc) is 2.43. The largest absolute Gasteiger partial charge is 0.313 e. The van der Waals surface area contributed by atoms with Crippen molar-refractivity contribution in [3.63, 3.8) is 0 Å². The van der Waals surface area contributed by atoms with Crippen molar-refractivity contribution < 1.29 is 0 Å². The van der Waals surface area contributed by atoms with Crippen LogP contribution in [0.15, 0.2) is 0 Å². The van der Waals surface area contributed by atoms with Gasteiger partial charge in [0.2, 0.25) is 0 Å². The average molecular weight is 267 g/mol. The zero-order chi connectivity index (χ0) is 13.7. The molecular weight excluding hydrogens is 234 g/mol. The van der Waals surface area contributed by atoms with Crippen molar-refractivity contribution >= 4 is 0 Å². The van der Waals surface area contributed by atoms with Crippen molar-refractivity contribution in [2.24, 2.45) is 5.92 Å². The summed E-state index contributed by atoms with van der Waals surface area (Å²) in [6.45, 7) is 10.9. The smallest absolute Gasteiger partial charge is 0.0192 e. The van der Waals surface area contributed by atoms with Crippen molar-refractivity contribution in [1.82, 2.24) is 15.1 Å². The maximum atomic E-state index is 3.70. The molecule has 0 bridgehead atoms. The number of nitrogens with one attached hydrogen (secondary N) is 1. The molecule has 3 heteroatoms. The first-order chi connectivity index (χ1) is 9.24. The van der Waals surface area contributed by atoms with Crippen molar-refractivity contribution in [3.05, 3.63) is 0 Å². The molecule has 3 nitrogen and oxygen atoms in total. The Morgan fingerprint density at radius 3 is 2.79 bits per heavy atom. The summed E-state index contributed by atoms with van der Waals surface area (Å²) >= 11 is 0. The lowest BCUT2D eigenvalue weighted by Crippen LogP contribution is -2.54. The molecule has 2 saturated heterocycles. The summed E-state index contributed by atoms with van der Waals surface area (Å²) in [7, 11) is 2.32. The Morgan fingerprint density at radius 1 is 1.21 bits per heavy atom. The van der Waals surface area contributed by atoms with Crippen LogP contribution < -0.4 is 5.32 Å². The summed E-state index contributed by atoms with van der Waals surface area (Å²) in [5.41, 5.74) is 0. The van der Waals surface area contributed by atoms with E-state index < -0.39 is 0 Å². The first-order valence-corrected chi connectivity index (χ1v) is 8.40. The van der Waals surface area contributed by atoms with Crippen LogP contribution in [0.1, 0.15) is 46.0 Å². The van der Waals surface area contributed by atoms with Gasteiger partial charge in [-0.15, -0.1) is 0 Å². The van der Waals surface area contributed by atoms with E-state index in [2.05, 4.69) is 36.0 Å². The lowest BCUT2D eigenvalue weighted by atomic mass is 9.84. The van der Waals surface area contributed by atoms with Gasteiger partial charge in [0.25, 0.3) is 0 Å². The molecule has 0 radical (unpaired) electrons. The lowest BCUT2D eigenvalue weighted by molar-refractivity contribution is 0.0347. The highest BCUT2D eigenvalue weighted by molar-refractivity contribution is 4.90. The second kappa shape index (κ2) is 7.61. The van der Waals surface area contributed by atoms with Crippen LogP contribution in [-0.2, 0) is 0 Å². The predicted octanol–water partition coefficient (Wildman–Crippen LogP) is 2.18. The molecular formula is C16H33N3. The van der Waals surface area contributed by atoms with Gasteiger partial charge in [-0.3, -0.25) is 0 Å². The van der Waals surface area contributed by atoms with Gasteiger partial charge in [0, 0.05) is 25.2 Å². The topological polar surface area (TPSA) is 18.5 Å². The number of rotatable bonds is 6. The Labute approximate surface area is 119 Å². The Morgan fingerprint density at radius 2 is 2.05 bits per heavy atom. The summed E-state index contributed by atoms with van der Waals surface area (Å²) in [6.07, 6.45) is 6.73. The highest BCUT2D eigenvalue weighted by Gasteiger charge is 2.34. The fourth-order valence-corrected chi connectivity index (χ4v) is 3.89. The van der Waals surface area contributed by atoms with Gasteiger partial charge >= 0.3 is 0 Å². The second-order valence-electron chi connectivity index (χ2n) is 6.56. The standard InChI is InChI=1S/C16H33N3/c1-4-9-17-15(5-2)13-19-11-8-16-14(12-19)7-6-10-18(16)3/h14-17H,4-13H2,1-3H3. The van der Waals surface area contributed by atoms with E-state index in [0.29, 0.717) is 6.04 Å². The van der Waals surface area contributed by atoms with Crippen LogP contribution in [-0.4, -0.2) is 61.7 Å². The Balaban J connectivity index is 1.79. The van der Waals surface area contributed by atoms with Crippen LogP contribution in [0.3, 0.4) is 0 Å². The van der Waals surface area contributed by atoms with E-state index in [1.807, 2.05) is 0 Å². The summed E-state index contributed by atoms with van der Waals surface area (Å²) in [4.78, 5) is 5.33. The van der Waals surface area contributed by atoms with Gasteiger partial charge < -0.3 is 15.1 Å². The summed E-state index contributed by atoms with van der Waals surface area (Å²) < 4.78 is 0. The molecule has 0 aromatic heterocycles. The number of hydrogen-bond donors (Lipinski definition) is 1. The molecule has 0 aliphatic carbocycles. The third-order valence-corrected chi connectivity index (χ3v) is 5.08. The molecule has 2 aliphatic rings. The summed E-state index contributed by atoms with van der Waals surface area (Å²) in [5.74, 6) is 0.927. The van der Waals surface area contributed by atoms with Crippen LogP contribution in [0.5, 0.6) is 0 Å². The van der Waals surface area contributed by atoms with Crippen molar-refractivity contribution in [2.45, 2.75) is 58.0 Å². The number of hydrogen-bond acceptors (Lipinski definition) is 3. The molecule has 3 atom stereocenters. The molecule has 2 rings (SSSR count). The maximum absolute atomic E-state index is 3.70. The molecule has 2 fully saturated rings. The molecule has 2 aliphatic heterocycles. The van der Waals surface area contributed by atoms with Gasteiger partial charge in [-0.25, -0.2) is 0 Å². The first kappa shape index (κ1) is 15.3. The van der Waals surface area contributed by atoms with Gasteiger partial charge in [-0.1, -0.05) is 13.8 Å². The van der Waals surface area contributed by atoms with Crippen LogP contribution in [0, 0.1) is 5.92 Å². The minimum Gasteiger partial charge on any atom is -0.313 e. The van der Waals surface area contributed by atoms with Crippen LogP contribution in [0.4, 0.5) is 0 Å². The number of nitrogens with zero attached hydrogens (tertiary/aromatic N) is 2. The molecule has 0 amide bonds. The zero-order valence-electron chi connectivity index (χ0n) is 13.2. The Bertz CT molecular complexity index is 256. The van der Waals surface area contributed by atoms with Crippen LogP contribution in [0.25, 0.3) is 0 Å². The van der Waals surface area contributed by atoms with E-state index in [1.165, 1.54) is 64.8 Å². The van der Waals surface area contributed by atoms with E-state index in [9.17, 15) is 0 Å². The van der Waals surface area contributed by atoms with Gasteiger partial charge in [-0.05, 0) is 64.7 Å². The Hall–Kier alpha value is -0.120. The molecule has 1 N–H and O–H groups in total. The molecule has 0 saturated carbocycles. The Kier molecular flexibility index (Phi) is 6.11. The van der Waals surface area contributed by atoms with E-state index >= 15 is 0 Å². The molecule has 0 aromatic carbocycles. The maximum Gasteiger partial charge on any atom is 0.0192 e. The normalized spacial score (nSPS) is 31.1. The summed E-state index contributed by atoms with van der Waals surface area (Å²) in [6, 6.07) is 1.56. The highest BCUT2D eigenvalue weighted by Crippen LogP contribution is 2.29. The van der Waals surface area contributed by atoms with Gasteiger partial charge in [0.15, 0.2) is 0 Å². The van der Waals surface area contributed by atoms with Crippen LogP contribution >= 0.6 is 0 Å². The fraction of sp³-hybridized carbons (Fsp3) is 1.00. The lowest BCUT2D eigenvalue weighted by Gasteiger charge is -2.46. The van der Waals surface area contributed by atoms with E-state index in [1.54, 1.807) is 0 Å². The van der Waals surface area contributed by atoms with E-state index in [4.69, 9.17) is 0 Å². The fourth-order valence-electron chi connectivity index (χ4n) is 3.89.